The number of piperazine rings is 1. The Balaban J connectivity index is 1.24. The van der Waals surface area contributed by atoms with Gasteiger partial charge in [0, 0.05) is 45.9 Å². The topological polar surface area (TPSA) is 66.4 Å². The predicted molar refractivity (Wildman–Crippen MR) is 111 cm³/mol. The Morgan fingerprint density at radius 2 is 2.00 bits per heavy atom. The van der Waals surface area contributed by atoms with E-state index in [9.17, 15) is 0 Å². The summed E-state index contributed by atoms with van der Waals surface area (Å²) >= 11 is 0. The standard InChI is InChI=1S/C21H28N6O/c1-2-6-18(7-3-1)8-4-10-26-11-13-27(14-12-26)20-17-23-25-21(24-20)22-16-19-9-5-15-28-19/h1-4,6-8,17,19H,5,9-16H2,(H,22,24,25)/b8-4+. The molecule has 0 bridgehead atoms. The van der Waals surface area contributed by atoms with Gasteiger partial charge in [0.2, 0.25) is 5.95 Å². The number of rotatable bonds is 7. The summed E-state index contributed by atoms with van der Waals surface area (Å²) in [7, 11) is 0. The smallest absolute Gasteiger partial charge is 0.244 e. The van der Waals surface area contributed by atoms with Crippen LogP contribution in [0.5, 0.6) is 0 Å². The lowest BCUT2D eigenvalue weighted by Crippen LogP contribution is -2.46. The Bertz CT molecular complexity index is 755. The Morgan fingerprint density at radius 3 is 2.79 bits per heavy atom. The summed E-state index contributed by atoms with van der Waals surface area (Å²) < 4.78 is 5.63. The molecule has 28 heavy (non-hydrogen) atoms. The second kappa shape index (κ2) is 9.61. The highest BCUT2D eigenvalue weighted by Gasteiger charge is 2.19. The molecule has 4 rings (SSSR count). The van der Waals surface area contributed by atoms with Crippen molar-refractivity contribution in [2.24, 2.45) is 0 Å². The van der Waals surface area contributed by atoms with Gasteiger partial charge in [-0.15, -0.1) is 5.10 Å². The van der Waals surface area contributed by atoms with Crippen LogP contribution in [0.4, 0.5) is 11.8 Å². The molecule has 0 amide bonds. The van der Waals surface area contributed by atoms with Crippen LogP contribution in [0.2, 0.25) is 0 Å². The predicted octanol–water partition coefficient (Wildman–Crippen LogP) is 2.30. The molecule has 7 nitrogen and oxygen atoms in total. The van der Waals surface area contributed by atoms with Crippen molar-refractivity contribution in [2.45, 2.75) is 18.9 Å². The minimum Gasteiger partial charge on any atom is -0.376 e. The molecule has 3 heterocycles. The molecular formula is C21H28N6O. The van der Waals surface area contributed by atoms with E-state index in [-0.39, 0.29) is 6.10 Å². The van der Waals surface area contributed by atoms with E-state index < -0.39 is 0 Å². The van der Waals surface area contributed by atoms with Gasteiger partial charge in [-0.05, 0) is 18.4 Å². The van der Waals surface area contributed by atoms with E-state index in [1.54, 1.807) is 6.20 Å². The van der Waals surface area contributed by atoms with E-state index in [1.165, 1.54) is 5.56 Å². The third kappa shape index (κ3) is 5.27. The lowest BCUT2D eigenvalue weighted by atomic mass is 10.2. The third-order valence-electron chi connectivity index (χ3n) is 5.23. The van der Waals surface area contributed by atoms with Crippen LogP contribution in [-0.2, 0) is 4.74 Å². The number of ether oxygens (including phenoxy) is 1. The number of hydrogen-bond acceptors (Lipinski definition) is 7. The Hall–Kier alpha value is -2.51. The van der Waals surface area contributed by atoms with Crippen LogP contribution in [0.3, 0.4) is 0 Å². The average molecular weight is 380 g/mol. The van der Waals surface area contributed by atoms with Gasteiger partial charge in [0.1, 0.15) is 0 Å². The maximum Gasteiger partial charge on any atom is 0.244 e. The average Bonchev–Trinajstić information content (AvgIpc) is 3.28. The monoisotopic (exact) mass is 380 g/mol. The lowest BCUT2D eigenvalue weighted by Gasteiger charge is -2.34. The first-order chi connectivity index (χ1) is 13.9. The fourth-order valence-corrected chi connectivity index (χ4v) is 3.59. The van der Waals surface area contributed by atoms with Crippen molar-refractivity contribution >= 4 is 17.8 Å². The molecule has 1 atom stereocenters. The summed E-state index contributed by atoms with van der Waals surface area (Å²) in [6.45, 7) is 6.50. The van der Waals surface area contributed by atoms with Gasteiger partial charge in [0.15, 0.2) is 5.82 Å². The zero-order valence-electron chi connectivity index (χ0n) is 16.2. The molecule has 0 spiro atoms. The molecule has 1 aromatic heterocycles. The molecule has 2 aromatic rings. The van der Waals surface area contributed by atoms with E-state index in [1.807, 2.05) is 6.07 Å². The minimum absolute atomic E-state index is 0.264. The zero-order chi connectivity index (χ0) is 19.0. The van der Waals surface area contributed by atoms with Crippen molar-refractivity contribution in [3.63, 3.8) is 0 Å². The van der Waals surface area contributed by atoms with Gasteiger partial charge in [-0.3, -0.25) is 4.90 Å². The number of nitrogens with one attached hydrogen (secondary N) is 1. The molecule has 2 fully saturated rings. The van der Waals surface area contributed by atoms with Crippen LogP contribution in [0.15, 0.2) is 42.6 Å². The van der Waals surface area contributed by atoms with Crippen molar-refractivity contribution in [3.8, 4) is 0 Å². The van der Waals surface area contributed by atoms with Crippen LogP contribution in [0, 0.1) is 0 Å². The van der Waals surface area contributed by atoms with Gasteiger partial charge in [-0.2, -0.15) is 10.1 Å². The number of hydrogen-bond donors (Lipinski definition) is 1. The summed E-state index contributed by atoms with van der Waals surface area (Å²) in [5.41, 5.74) is 1.25. The molecule has 1 aromatic carbocycles. The highest BCUT2D eigenvalue weighted by molar-refractivity contribution is 5.48. The number of anilines is 2. The molecule has 148 valence electrons. The van der Waals surface area contributed by atoms with Crippen LogP contribution < -0.4 is 10.2 Å². The summed E-state index contributed by atoms with van der Waals surface area (Å²) in [6.07, 6.45) is 8.68. The highest BCUT2D eigenvalue weighted by Crippen LogP contribution is 2.15. The van der Waals surface area contributed by atoms with Crippen molar-refractivity contribution in [3.05, 3.63) is 48.2 Å². The molecule has 0 aliphatic carbocycles. The molecule has 7 heteroatoms. The Labute approximate surface area is 166 Å². The van der Waals surface area contributed by atoms with Crippen molar-refractivity contribution in [1.29, 1.82) is 0 Å². The van der Waals surface area contributed by atoms with Gasteiger partial charge in [-0.25, -0.2) is 0 Å². The molecule has 1 unspecified atom stereocenters. The molecule has 2 aliphatic heterocycles. The fourth-order valence-electron chi connectivity index (χ4n) is 3.59. The molecule has 2 saturated heterocycles. The lowest BCUT2D eigenvalue weighted by molar-refractivity contribution is 0.120. The van der Waals surface area contributed by atoms with E-state index in [0.717, 1.165) is 64.5 Å². The number of aromatic nitrogens is 3. The van der Waals surface area contributed by atoms with Crippen LogP contribution in [0.25, 0.3) is 6.08 Å². The first-order valence-corrected chi connectivity index (χ1v) is 10.1. The summed E-state index contributed by atoms with van der Waals surface area (Å²) in [5, 5.41) is 11.5. The van der Waals surface area contributed by atoms with E-state index >= 15 is 0 Å². The van der Waals surface area contributed by atoms with Crippen molar-refractivity contribution in [2.75, 3.05) is 56.1 Å². The van der Waals surface area contributed by atoms with Crippen LogP contribution in [-0.4, -0.2) is 72.1 Å². The highest BCUT2D eigenvalue weighted by atomic mass is 16.5. The molecular weight excluding hydrogens is 352 g/mol. The summed E-state index contributed by atoms with van der Waals surface area (Å²) in [4.78, 5) is 9.38. The van der Waals surface area contributed by atoms with Crippen molar-refractivity contribution in [1.82, 2.24) is 20.1 Å². The second-order valence-electron chi connectivity index (χ2n) is 7.25. The molecule has 2 aliphatic rings. The van der Waals surface area contributed by atoms with E-state index in [0.29, 0.717) is 5.95 Å². The molecule has 0 saturated carbocycles. The number of benzene rings is 1. The van der Waals surface area contributed by atoms with Crippen LogP contribution >= 0.6 is 0 Å². The maximum atomic E-state index is 5.63. The Morgan fingerprint density at radius 1 is 1.14 bits per heavy atom. The van der Waals surface area contributed by atoms with Crippen LogP contribution in [0.1, 0.15) is 18.4 Å². The van der Waals surface area contributed by atoms with Gasteiger partial charge in [0.25, 0.3) is 0 Å². The third-order valence-corrected chi connectivity index (χ3v) is 5.23. The van der Waals surface area contributed by atoms with Gasteiger partial charge < -0.3 is 15.0 Å². The van der Waals surface area contributed by atoms with E-state index in [4.69, 9.17) is 4.74 Å². The Kier molecular flexibility index (Phi) is 6.47. The van der Waals surface area contributed by atoms with Gasteiger partial charge >= 0.3 is 0 Å². The summed E-state index contributed by atoms with van der Waals surface area (Å²) in [6, 6.07) is 10.4. The fraction of sp³-hybridized carbons (Fsp3) is 0.476. The zero-order valence-corrected chi connectivity index (χ0v) is 16.2. The summed E-state index contributed by atoms with van der Waals surface area (Å²) in [5.74, 6) is 1.48. The quantitative estimate of drug-likeness (QED) is 0.790. The molecule has 1 N–H and O–H groups in total. The number of nitrogens with zero attached hydrogens (tertiary/aromatic N) is 5. The minimum atomic E-state index is 0.264. The first-order valence-electron chi connectivity index (χ1n) is 10.1. The first kappa shape index (κ1) is 18.8. The van der Waals surface area contributed by atoms with E-state index in [2.05, 4.69) is 66.7 Å². The molecule has 0 radical (unpaired) electrons. The maximum absolute atomic E-state index is 5.63. The largest absolute Gasteiger partial charge is 0.376 e. The SMILES string of the molecule is C(=C\c1ccccc1)/CN1CCN(c2cnnc(NCC3CCCO3)n2)CC1. The normalized spacial score (nSPS) is 20.7. The second-order valence-corrected chi connectivity index (χ2v) is 7.25. The van der Waals surface area contributed by atoms with Gasteiger partial charge in [-0.1, -0.05) is 42.5 Å². The van der Waals surface area contributed by atoms with Gasteiger partial charge in [0.05, 0.1) is 12.3 Å². The van der Waals surface area contributed by atoms with Crippen molar-refractivity contribution < 1.29 is 4.74 Å².